The summed E-state index contributed by atoms with van der Waals surface area (Å²) in [5.74, 6) is -0.275. The molecule has 1 aromatic carbocycles. The van der Waals surface area contributed by atoms with E-state index in [0.717, 1.165) is 18.6 Å². The average molecular weight is 220 g/mol. The van der Waals surface area contributed by atoms with Gasteiger partial charge in [0.15, 0.2) is 0 Å². The van der Waals surface area contributed by atoms with Crippen molar-refractivity contribution in [3.05, 3.63) is 35.6 Å². The highest BCUT2D eigenvalue weighted by molar-refractivity contribution is 5.95. The van der Waals surface area contributed by atoms with Gasteiger partial charge in [0, 0.05) is 11.3 Å². The summed E-state index contributed by atoms with van der Waals surface area (Å²) in [5, 5.41) is 3.99. The Morgan fingerprint density at radius 2 is 2.25 bits per heavy atom. The Morgan fingerprint density at radius 1 is 1.50 bits per heavy atom. The van der Waals surface area contributed by atoms with Crippen molar-refractivity contribution in [2.45, 2.75) is 19.8 Å². The number of nitrogens with one attached hydrogen (secondary N) is 1. The van der Waals surface area contributed by atoms with Crippen molar-refractivity contribution < 1.29 is 9.18 Å². The van der Waals surface area contributed by atoms with Gasteiger partial charge in [-0.15, -0.1) is 0 Å². The first kappa shape index (κ1) is 10.8. The summed E-state index contributed by atoms with van der Waals surface area (Å²) in [5.41, 5.74) is 3.65. The van der Waals surface area contributed by atoms with E-state index in [1.54, 1.807) is 6.07 Å². The number of carbonyl (C=O) groups is 1. The third-order valence-electron chi connectivity index (χ3n) is 2.59. The molecule has 0 atom stereocenters. The smallest absolute Gasteiger partial charge is 0.267 e. The van der Waals surface area contributed by atoms with Gasteiger partial charge in [0.1, 0.15) is 5.82 Å². The number of hydrogen-bond acceptors (Lipinski definition) is 2. The molecule has 16 heavy (non-hydrogen) atoms. The van der Waals surface area contributed by atoms with Crippen molar-refractivity contribution in [3.63, 3.8) is 0 Å². The highest BCUT2D eigenvalue weighted by Crippen LogP contribution is 2.30. The fraction of sp³-hybridized carbons (Fsp3) is 0.333. The van der Waals surface area contributed by atoms with Crippen molar-refractivity contribution in [3.8, 4) is 0 Å². The molecule has 0 radical (unpaired) electrons. The van der Waals surface area contributed by atoms with E-state index in [0.29, 0.717) is 5.92 Å². The van der Waals surface area contributed by atoms with Crippen molar-refractivity contribution in [2.24, 2.45) is 11.0 Å². The van der Waals surface area contributed by atoms with Crippen LogP contribution < -0.4 is 5.43 Å². The Labute approximate surface area is 93.4 Å². The van der Waals surface area contributed by atoms with E-state index in [-0.39, 0.29) is 11.5 Å². The number of benzene rings is 1. The fourth-order valence-electron chi connectivity index (χ4n) is 1.43. The van der Waals surface area contributed by atoms with E-state index in [4.69, 9.17) is 0 Å². The van der Waals surface area contributed by atoms with Gasteiger partial charge in [-0.3, -0.25) is 4.79 Å². The summed E-state index contributed by atoms with van der Waals surface area (Å²) >= 11 is 0. The summed E-state index contributed by atoms with van der Waals surface area (Å²) in [4.78, 5) is 11.6. The van der Waals surface area contributed by atoms with E-state index in [9.17, 15) is 9.18 Å². The molecule has 4 heteroatoms. The van der Waals surface area contributed by atoms with Gasteiger partial charge in [0.25, 0.3) is 5.91 Å². The summed E-state index contributed by atoms with van der Waals surface area (Å²) in [6.07, 6.45) is 2.29. The van der Waals surface area contributed by atoms with Crippen LogP contribution in [0.15, 0.2) is 29.4 Å². The highest BCUT2D eigenvalue weighted by atomic mass is 19.1. The molecule has 0 heterocycles. The van der Waals surface area contributed by atoms with Crippen molar-refractivity contribution >= 4 is 11.6 Å². The van der Waals surface area contributed by atoms with Crippen LogP contribution in [0.2, 0.25) is 0 Å². The number of nitrogens with zero attached hydrogens (tertiary/aromatic N) is 1. The third-order valence-corrected chi connectivity index (χ3v) is 2.59. The Balaban J connectivity index is 2.00. The van der Waals surface area contributed by atoms with Crippen LogP contribution in [0.5, 0.6) is 0 Å². The molecule has 1 aromatic rings. The predicted octanol–water partition coefficient (Wildman–Crippen LogP) is 2.34. The molecular formula is C12H13FN2O. The fourth-order valence-corrected chi connectivity index (χ4v) is 1.43. The molecule has 84 valence electrons. The van der Waals surface area contributed by atoms with E-state index < -0.39 is 5.82 Å². The molecule has 0 aliphatic heterocycles. The standard InChI is InChI=1S/C12H13FN2O/c1-8(9-5-6-9)14-15-12(16)10-3-2-4-11(13)7-10/h2-4,7,9H,5-6H2,1H3,(H,15,16)/b14-8+. The van der Waals surface area contributed by atoms with Crippen LogP contribution >= 0.6 is 0 Å². The molecule has 0 saturated heterocycles. The second-order valence-corrected chi connectivity index (χ2v) is 3.98. The summed E-state index contributed by atoms with van der Waals surface area (Å²) in [7, 11) is 0. The minimum absolute atomic E-state index is 0.285. The number of hydrogen-bond donors (Lipinski definition) is 1. The van der Waals surface area contributed by atoms with E-state index in [1.165, 1.54) is 18.2 Å². The Kier molecular flexibility index (Phi) is 2.99. The Bertz CT molecular complexity index is 438. The van der Waals surface area contributed by atoms with Crippen molar-refractivity contribution in [1.29, 1.82) is 0 Å². The predicted molar refractivity (Wildman–Crippen MR) is 59.7 cm³/mol. The molecule has 1 aliphatic carbocycles. The first-order chi connectivity index (χ1) is 7.66. The number of rotatable bonds is 3. The van der Waals surface area contributed by atoms with Gasteiger partial charge in [-0.1, -0.05) is 6.07 Å². The maximum absolute atomic E-state index is 12.8. The van der Waals surface area contributed by atoms with Crippen LogP contribution in [0.1, 0.15) is 30.1 Å². The topological polar surface area (TPSA) is 41.5 Å². The van der Waals surface area contributed by atoms with Crippen LogP contribution in [0, 0.1) is 11.7 Å². The van der Waals surface area contributed by atoms with E-state index in [2.05, 4.69) is 10.5 Å². The van der Waals surface area contributed by atoms with Crippen molar-refractivity contribution in [2.75, 3.05) is 0 Å². The quantitative estimate of drug-likeness (QED) is 0.616. The first-order valence-electron chi connectivity index (χ1n) is 5.27. The number of hydrazone groups is 1. The third kappa shape index (κ3) is 2.66. The highest BCUT2D eigenvalue weighted by Gasteiger charge is 2.24. The molecule has 2 rings (SSSR count). The zero-order chi connectivity index (χ0) is 11.5. The molecular weight excluding hydrogens is 207 g/mol. The summed E-state index contributed by atoms with van der Waals surface area (Å²) in [6.45, 7) is 1.89. The summed E-state index contributed by atoms with van der Waals surface area (Å²) in [6, 6.07) is 5.55. The normalized spacial score (nSPS) is 16.0. The number of halogens is 1. The van der Waals surface area contributed by atoms with Crippen LogP contribution in [0.3, 0.4) is 0 Å². The van der Waals surface area contributed by atoms with Gasteiger partial charge in [-0.05, 0) is 43.9 Å². The van der Waals surface area contributed by atoms with Crippen LogP contribution in [0.25, 0.3) is 0 Å². The Morgan fingerprint density at radius 3 is 2.88 bits per heavy atom. The molecule has 1 N–H and O–H groups in total. The lowest BCUT2D eigenvalue weighted by Crippen LogP contribution is -2.19. The van der Waals surface area contributed by atoms with Gasteiger partial charge >= 0.3 is 0 Å². The molecule has 1 fully saturated rings. The lowest BCUT2D eigenvalue weighted by Gasteiger charge is -2.01. The molecule has 1 aliphatic rings. The number of amides is 1. The molecule has 1 saturated carbocycles. The SMILES string of the molecule is C/C(=N\NC(=O)c1cccc(F)c1)C1CC1. The van der Waals surface area contributed by atoms with E-state index in [1.807, 2.05) is 6.92 Å². The second kappa shape index (κ2) is 4.43. The minimum atomic E-state index is -0.421. The maximum atomic E-state index is 12.8. The molecule has 0 bridgehead atoms. The van der Waals surface area contributed by atoms with Crippen LogP contribution in [-0.4, -0.2) is 11.6 Å². The zero-order valence-corrected chi connectivity index (χ0v) is 9.03. The molecule has 1 amide bonds. The molecule has 0 aromatic heterocycles. The lowest BCUT2D eigenvalue weighted by atomic mass is 10.2. The zero-order valence-electron chi connectivity index (χ0n) is 9.03. The largest absolute Gasteiger partial charge is 0.271 e. The Hall–Kier alpha value is -1.71. The molecule has 0 spiro atoms. The maximum Gasteiger partial charge on any atom is 0.271 e. The van der Waals surface area contributed by atoms with Gasteiger partial charge in [0.05, 0.1) is 0 Å². The minimum Gasteiger partial charge on any atom is -0.267 e. The monoisotopic (exact) mass is 220 g/mol. The van der Waals surface area contributed by atoms with Crippen molar-refractivity contribution in [1.82, 2.24) is 5.43 Å². The second-order valence-electron chi connectivity index (χ2n) is 3.98. The van der Waals surface area contributed by atoms with E-state index >= 15 is 0 Å². The summed E-state index contributed by atoms with van der Waals surface area (Å²) < 4.78 is 12.8. The lowest BCUT2D eigenvalue weighted by molar-refractivity contribution is 0.0954. The average Bonchev–Trinajstić information content (AvgIpc) is 3.09. The van der Waals surface area contributed by atoms with Crippen LogP contribution in [0.4, 0.5) is 4.39 Å². The van der Waals surface area contributed by atoms with Gasteiger partial charge in [-0.2, -0.15) is 5.10 Å². The molecule has 0 unspecified atom stereocenters. The molecule has 3 nitrogen and oxygen atoms in total. The first-order valence-corrected chi connectivity index (χ1v) is 5.27. The van der Waals surface area contributed by atoms with Gasteiger partial charge in [0.2, 0.25) is 0 Å². The van der Waals surface area contributed by atoms with Gasteiger partial charge in [-0.25, -0.2) is 9.82 Å². The number of carbonyl (C=O) groups excluding carboxylic acids is 1. The van der Waals surface area contributed by atoms with Crippen LogP contribution in [-0.2, 0) is 0 Å². The van der Waals surface area contributed by atoms with Gasteiger partial charge < -0.3 is 0 Å².